The van der Waals surface area contributed by atoms with Gasteiger partial charge in [-0.3, -0.25) is 14.4 Å². The highest BCUT2D eigenvalue weighted by Gasteiger charge is 2.50. The Morgan fingerprint density at radius 3 is 2.51 bits per heavy atom. The highest BCUT2D eigenvalue weighted by Crippen LogP contribution is 2.31. The van der Waals surface area contributed by atoms with Crippen LogP contribution in [0.3, 0.4) is 0 Å². The Morgan fingerprint density at radius 2 is 1.86 bits per heavy atom. The van der Waals surface area contributed by atoms with Gasteiger partial charge in [-0.1, -0.05) is 32.4 Å². The number of halogens is 1. The van der Waals surface area contributed by atoms with Gasteiger partial charge in [-0.2, -0.15) is 0 Å². The van der Waals surface area contributed by atoms with Crippen LogP contribution in [-0.2, 0) is 16.0 Å². The Balaban J connectivity index is 1.57. The van der Waals surface area contributed by atoms with Crippen molar-refractivity contribution in [2.75, 3.05) is 25.0 Å². The molecule has 0 saturated carbocycles. The van der Waals surface area contributed by atoms with Crippen LogP contribution in [0.1, 0.15) is 49.5 Å². The van der Waals surface area contributed by atoms with E-state index >= 15 is 0 Å². The number of benzene rings is 2. The summed E-state index contributed by atoms with van der Waals surface area (Å²) in [4.78, 5) is 56.5. The molecule has 2 saturated heterocycles. The molecule has 2 heterocycles. The van der Waals surface area contributed by atoms with E-state index in [0.717, 1.165) is 5.56 Å². The molecule has 8 nitrogen and oxygen atoms in total. The predicted octanol–water partition coefficient (Wildman–Crippen LogP) is 3.92. The van der Waals surface area contributed by atoms with E-state index in [-0.39, 0.29) is 54.9 Å². The quantitative estimate of drug-likeness (QED) is 0.574. The number of carbonyl (C=O) groups is 4. The first-order valence-electron chi connectivity index (χ1n) is 12.7. The largest absolute Gasteiger partial charge is 0.337 e. The van der Waals surface area contributed by atoms with Crippen LogP contribution in [0.2, 0.25) is 0 Å². The maximum absolute atomic E-state index is 13.7. The van der Waals surface area contributed by atoms with Crippen molar-refractivity contribution in [2.24, 2.45) is 5.92 Å². The van der Waals surface area contributed by atoms with Gasteiger partial charge < -0.3 is 20.0 Å². The van der Waals surface area contributed by atoms with E-state index in [1.165, 1.54) is 19.1 Å². The molecule has 1 N–H and O–H groups in total. The van der Waals surface area contributed by atoms with Crippen LogP contribution in [0, 0.1) is 11.7 Å². The van der Waals surface area contributed by atoms with Gasteiger partial charge in [0.25, 0.3) is 0 Å². The summed E-state index contributed by atoms with van der Waals surface area (Å²) in [5.74, 6) is -0.772. The summed E-state index contributed by atoms with van der Waals surface area (Å²) in [6.07, 6.45) is 0.684. The average molecular weight is 509 g/mol. The highest BCUT2D eigenvalue weighted by molar-refractivity contribution is 5.96. The predicted molar refractivity (Wildman–Crippen MR) is 137 cm³/mol. The Kier molecular flexibility index (Phi) is 7.90. The third-order valence-corrected chi connectivity index (χ3v) is 7.33. The number of amides is 4. The first kappa shape index (κ1) is 26.3. The van der Waals surface area contributed by atoms with E-state index in [2.05, 4.69) is 5.32 Å². The fourth-order valence-corrected chi connectivity index (χ4v) is 5.05. The van der Waals surface area contributed by atoms with E-state index in [4.69, 9.17) is 0 Å². The minimum Gasteiger partial charge on any atom is -0.337 e. The van der Waals surface area contributed by atoms with Gasteiger partial charge in [0, 0.05) is 30.8 Å². The van der Waals surface area contributed by atoms with E-state index in [1.54, 1.807) is 45.0 Å². The zero-order valence-electron chi connectivity index (χ0n) is 21.4. The van der Waals surface area contributed by atoms with Crippen molar-refractivity contribution in [1.29, 1.82) is 0 Å². The van der Waals surface area contributed by atoms with E-state index < -0.39 is 12.2 Å². The molecule has 0 unspecified atom stereocenters. The van der Waals surface area contributed by atoms with Crippen LogP contribution in [-0.4, -0.2) is 70.2 Å². The van der Waals surface area contributed by atoms with Crippen LogP contribution in [0.15, 0.2) is 48.5 Å². The van der Waals surface area contributed by atoms with Crippen molar-refractivity contribution in [3.05, 3.63) is 65.5 Å². The molecule has 2 aromatic rings. The lowest BCUT2D eigenvalue weighted by Crippen LogP contribution is -2.72. The second-order valence-electron chi connectivity index (χ2n) is 9.78. The lowest BCUT2D eigenvalue weighted by molar-refractivity contribution is -0.169. The number of anilines is 1. The number of hydrogen-bond donors (Lipinski definition) is 1. The molecule has 4 amide bonds. The molecule has 2 aliphatic heterocycles. The first-order chi connectivity index (χ1) is 17.7. The molecule has 0 aromatic heterocycles. The van der Waals surface area contributed by atoms with Gasteiger partial charge >= 0.3 is 6.03 Å². The van der Waals surface area contributed by atoms with Gasteiger partial charge in [0.15, 0.2) is 5.78 Å². The smallest absolute Gasteiger partial charge is 0.323 e. The molecule has 0 aliphatic carbocycles. The monoisotopic (exact) mass is 508 g/mol. The minimum absolute atomic E-state index is 0.0654. The Hall–Kier alpha value is -3.75. The van der Waals surface area contributed by atoms with Gasteiger partial charge in [-0.05, 0) is 61.2 Å². The van der Waals surface area contributed by atoms with E-state index in [1.807, 2.05) is 19.9 Å². The number of nitrogens with zero attached hydrogens (tertiary/aromatic N) is 3. The number of Topliss-reactive ketones (excluding diaryl/α,β-unsaturated/α-hetero) is 1. The van der Waals surface area contributed by atoms with Crippen LogP contribution in [0.5, 0.6) is 0 Å². The Labute approximate surface area is 216 Å². The molecule has 2 fully saturated rings. The summed E-state index contributed by atoms with van der Waals surface area (Å²) in [7, 11) is 0. The Bertz CT molecular complexity index is 1180. The van der Waals surface area contributed by atoms with Crippen LogP contribution >= 0.6 is 0 Å². The van der Waals surface area contributed by atoms with Gasteiger partial charge in [0.1, 0.15) is 18.0 Å². The van der Waals surface area contributed by atoms with Crippen molar-refractivity contribution in [3.63, 3.8) is 0 Å². The van der Waals surface area contributed by atoms with E-state index in [9.17, 15) is 23.6 Å². The van der Waals surface area contributed by atoms with Crippen molar-refractivity contribution in [1.82, 2.24) is 14.7 Å². The topological polar surface area (TPSA) is 90.0 Å². The zero-order valence-corrected chi connectivity index (χ0v) is 21.4. The minimum atomic E-state index is -0.672. The lowest BCUT2D eigenvalue weighted by atomic mass is 9.91. The maximum atomic E-state index is 13.7. The fourth-order valence-electron chi connectivity index (χ4n) is 5.05. The van der Waals surface area contributed by atoms with Crippen LogP contribution < -0.4 is 5.32 Å². The van der Waals surface area contributed by atoms with Gasteiger partial charge in [-0.25, -0.2) is 9.18 Å². The SMILES string of the molecule is CC[C@@H](C)[C@H]1C(=O)N(CCc2cccc(F)c2)C[C@@H]2N(C(=O)Nc3ccc(C(C)=O)cc3)CCC(=O)N12. The van der Waals surface area contributed by atoms with Crippen molar-refractivity contribution < 1.29 is 23.6 Å². The number of urea groups is 1. The molecule has 0 radical (unpaired) electrons. The van der Waals surface area contributed by atoms with Crippen molar-refractivity contribution in [3.8, 4) is 0 Å². The number of hydrogen-bond acceptors (Lipinski definition) is 4. The number of ketones is 1. The number of fused-ring (bicyclic) bond motifs is 1. The first-order valence-corrected chi connectivity index (χ1v) is 12.7. The molecule has 0 spiro atoms. The molecular weight excluding hydrogens is 475 g/mol. The number of carbonyl (C=O) groups excluding carboxylic acids is 4. The second-order valence-corrected chi connectivity index (χ2v) is 9.78. The number of rotatable bonds is 7. The second kappa shape index (κ2) is 11.1. The molecule has 4 rings (SSSR count). The highest BCUT2D eigenvalue weighted by atomic mass is 19.1. The molecule has 0 bridgehead atoms. The summed E-state index contributed by atoms with van der Waals surface area (Å²) in [5, 5.41) is 2.87. The summed E-state index contributed by atoms with van der Waals surface area (Å²) in [6.45, 7) is 6.17. The lowest BCUT2D eigenvalue weighted by Gasteiger charge is -2.53. The van der Waals surface area contributed by atoms with Gasteiger partial charge in [0.05, 0.1) is 6.54 Å². The number of piperazine rings is 1. The zero-order chi connectivity index (χ0) is 26.7. The molecule has 3 atom stereocenters. The molecular formula is C28H33FN4O4. The standard InChI is InChI=1S/C28H33FN4O4/c1-4-18(2)26-27(36)31(14-12-20-6-5-7-22(29)16-20)17-24-32(15-13-25(35)33(24)26)28(37)30-23-10-8-21(9-11-23)19(3)34/h5-11,16,18,24,26H,4,12-15,17H2,1-3H3,(H,30,37)/t18-,24-,26+/m1/s1. The van der Waals surface area contributed by atoms with Crippen LogP contribution in [0.25, 0.3) is 0 Å². The Morgan fingerprint density at radius 1 is 1.14 bits per heavy atom. The molecule has 9 heteroatoms. The molecule has 196 valence electrons. The van der Waals surface area contributed by atoms with Crippen molar-refractivity contribution >= 4 is 29.3 Å². The summed E-state index contributed by atoms with van der Waals surface area (Å²) in [5.41, 5.74) is 1.86. The van der Waals surface area contributed by atoms with Crippen LogP contribution in [0.4, 0.5) is 14.9 Å². The summed E-state index contributed by atoms with van der Waals surface area (Å²) >= 11 is 0. The normalized spacial score (nSPS) is 20.5. The molecule has 37 heavy (non-hydrogen) atoms. The maximum Gasteiger partial charge on any atom is 0.323 e. The third kappa shape index (κ3) is 5.65. The van der Waals surface area contributed by atoms with Gasteiger partial charge in [-0.15, -0.1) is 0 Å². The molecule has 2 aliphatic rings. The third-order valence-electron chi connectivity index (χ3n) is 7.33. The van der Waals surface area contributed by atoms with Crippen molar-refractivity contribution in [2.45, 2.75) is 52.2 Å². The molecule has 2 aromatic carbocycles. The fraction of sp³-hybridized carbons (Fsp3) is 0.429. The van der Waals surface area contributed by atoms with Gasteiger partial charge in [0.2, 0.25) is 11.8 Å². The van der Waals surface area contributed by atoms with E-state index in [0.29, 0.717) is 30.6 Å². The summed E-state index contributed by atoms with van der Waals surface area (Å²) in [6, 6.07) is 11.9. The average Bonchev–Trinajstić information content (AvgIpc) is 2.88. The summed E-state index contributed by atoms with van der Waals surface area (Å²) < 4.78 is 13.7. The number of nitrogens with one attached hydrogen (secondary N) is 1.